The largest absolute Gasteiger partial charge is 0.481 e. The van der Waals surface area contributed by atoms with Crippen LogP contribution < -0.4 is 0 Å². The Bertz CT molecular complexity index is 390. The highest BCUT2D eigenvalue weighted by atomic mass is 16.4. The average Bonchev–Trinajstić information content (AvgIpc) is 2.75. The third kappa shape index (κ3) is 2.06. The predicted octanol–water partition coefficient (Wildman–Crippen LogP) is -0.0324. The second kappa shape index (κ2) is 4.21. The van der Waals surface area contributed by atoms with E-state index in [9.17, 15) is 4.79 Å². The Morgan fingerprint density at radius 2 is 2.38 bits per heavy atom. The Balaban J connectivity index is 1.99. The molecule has 0 unspecified atom stereocenters. The molecule has 1 aliphatic rings. The van der Waals surface area contributed by atoms with E-state index in [2.05, 4.69) is 15.0 Å². The Labute approximate surface area is 93.9 Å². The quantitative estimate of drug-likeness (QED) is 0.780. The van der Waals surface area contributed by atoms with Crippen LogP contribution in [0.15, 0.2) is 6.33 Å². The molecule has 88 valence electrons. The highest BCUT2D eigenvalue weighted by Crippen LogP contribution is 2.24. The molecule has 0 amide bonds. The van der Waals surface area contributed by atoms with Crippen LogP contribution in [-0.4, -0.2) is 43.8 Å². The van der Waals surface area contributed by atoms with E-state index < -0.39 is 5.97 Å². The summed E-state index contributed by atoms with van der Waals surface area (Å²) >= 11 is 0. The van der Waals surface area contributed by atoms with Crippen molar-refractivity contribution in [3.63, 3.8) is 0 Å². The predicted molar refractivity (Wildman–Crippen MR) is 56.6 cm³/mol. The first-order valence-corrected chi connectivity index (χ1v) is 5.36. The molecular formula is C10H16N4O2. The van der Waals surface area contributed by atoms with Crippen molar-refractivity contribution in [3.8, 4) is 0 Å². The lowest BCUT2D eigenvalue weighted by molar-refractivity contribution is -0.142. The molecular weight excluding hydrogens is 208 g/mol. The molecule has 6 heteroatoms. The molecule has 2 atom stereocenters. The molecule has 0 bridgehead atoms. The van der Waals surface area contributed by atoms with E-state index in [0.717, 1.165) is 12.4 Å². The molecule has 0 radical (unpaired) electrons. The Morgan fingerprint density at radius 1 is 1.62 bits per heavy atom. The molecule has 6 nitrogen and oxygen atoms in total. The molecule has 1 saturated heterocycles. The van der Waals surface area contributed by atoms with E-state index in [4.69, 9.17) is 5.11 Å². The van der Waals surface area contributed by atoms with Crippen LogP contribution in [0.4, 0.5) is 0 Å². The summed E-state index contributed by atoms with van der Waals surface area (Å²) in [6.45, 7) is 4.06. The van der Waals surface area contributed by atoms with Gasteiger partial charge in [-0.1, -0.05) is 6.92 Å². The lowest BCUT2D eigenvalue weighted by atomic mass is 9.99. The van der Waals surface area contributed by atoms with E-state index in [1.165, 1.54) is 6.33 Å². The molecule has 0 aliphatic carbocycles. The number of rotatable bonds is 3. The first kappa shape index (κ1) is 11.1. The molecule has 1 fully saturated rings. The summed E-state index contributed by atoms with van der Waals surface area (Å²) in [6, 6.07) is 0. The van der Waals surface area contributed by atoms with Crippen LogP contribution in [0.5, 0.6) is 0 Å². The Morgan fingerprint density at radius 3 is 2.88 bits per heavy atom. The molecule has 2 rings (SSSR count). The van der Waals surface area contributed by atoms with Gasteiger partial charge in [-0.15, -0.1) is 0 Å². The average molecular weight is 224 g/mol. The summed E-state index contributed by atoms with van der Waals surface area (Å²) in [6.07, 6.45) is 1.52. The van der Waals surface area contributed by atoms with Crippen LogP contribution in [-0.2, 0) is 18.4 Å². The summed E-state index contributed by atoms with van der Waals surface area (Å²) in [5.74, 6) is 0.116. The molecule has 1 aromatic rings. The Kier molecular flexibility index (Phi) is 2.91. The fourth-order valence-electron chi connectivity index (χ4n) is 2.18. The van der Waals surface area contributed by atoms with Crippen LogP contribution in [0.2, 0.25) is 0 Å². The van der Waals surface area contributed by atoms with E-state index in [-0.39, 0.29) is 11.8 Å². The van der Waals surface area contributed by atoms with Crippen molar-refractivity contribution in [3.05, 3.63) is 12.2 Å². The lowest BCUT2D eigenvalue weighted by Crippen LogP contribution is -2.24. The van der Waals surface area contributed by atoms with Crippen molar-refractivity contribution in [2.75, 3.05) is 13.1 Å². The first-order valence-electron chi connectivity index (χ1n) is 5.36. The van der Waals surface area contributed by atoms with Gasteiger partial charge in [0.05, 0.1) is 12.5 Å². The molecule has 1 N–H and O–H groups in total. The van der Waals surface area contributed by atoms with Gasteiger partial charge in [0.25, 0.3) is 0 Å². The van der Waals surface area contributed by atoms with E-state index in [0.29, 0.717) is 13.1 Å². The summed E-state index contributed by atoms with van der Waals surface area (Å²) in [4.78, 5) is 17.2. The maximum atomic E-state index is 11.0. The smallest absolute Gasteiger partial charge is 0.308 e. The highest BCUT2D eigenvalue weighted by molar-refractivity contribution is 5.71. The molecule has 0 aromatic carbocycles. The second-order valence-electron chi connectivity index (χ2n) is 4.42. The molecule has 1 aliphatic heterocycles. The lowest BCUT2D eigenvalue weighted by Gasteiger charge is -2.13. The minimum Gasteiger partial charge on any atom is -0.481 e. The zero-order valence-corrected chi connectivity index (χ0v) is 9.50. The maximum absolute atomic E-state index is 11.0. The van der Waals surface area contributed by atoms with Crippen LogP contribution >= 0.6 is 0 Å². The number of carboxylic acids is 1. The fourth-order valence-corrected chi connectivity index (χ4v) is 2.18. The van der Waals surface area contributed by atoms with Crippen molar-refractivity contribution in [2.45, 2.75) is 13.5 Å². The maximum Gasteiger partial charge on any atom is 0.308 e. The van der Waals surface area contributed by atoms with Crippen molar-refractivity contribution < 1.29 is 9.90 Å². The van der Waals surface area contributed by atoms with Crippen LogP contribution in [0, 0.1) is 11.8 Å². The van der Waals surface area contributed by atoms with Gasteiger partial charge in [0, 0.05) is 20.1 Å². The number of hydrogen-bond acceptors (Lipinski definition) is 4. The van der Waals surface area contributed by atoms with Gasteiger partial charge < -0.3 is 5.11 Å². The molecule has 0 saturated carbocycles. The van der Waals surface area contributed by atoms with Gasteiger partial charge in [-0.25, -0.2) is 4.98 Å². The second-order valence-corrected chi connectivity index (χ2v) is 4.42. The van der Waals surface area contributed by atoms with Gasteiger partial charge in [-0.2, -0.15) is 5.10 Å². The SMILES string of the molecule is C[C@@H]1CN(Cc2ncnn2C)C[C@H]1C(=O)O. The van der Waals surface area contributed by atoms with E-state index in [1.54, 1.807) is 4.68 Å². The number of nitrogens with zero attached hydrogens (tertiary/aromatic N) is 4. The van der Waals surface area contributed by atoms with Crippen LogP contribution in [0.25, 0.3) is 0 Å². The molecule has 1 aromatic heterocycles. The minimum atomic E-state index is -0.701. The normalized spacial score (nSPS) is 26.1. The number of likely N-dealkylation sites (tertiary alicyclic amines) is 1. The van der Waals surface area contributed by atoms with Gasteiger partial charge in [0.1, 0.15) is 12.2 Å². The zero-order chi connectivity index (χ0) is 11.7. The number of carbonyl (C=O) groups is 1. The van der Waals surface area contributed by atoms with Gasteiger partial charge in [-0.05, 0) is 5.92 Å². The first-order chi connectivity index (χ1) is 7.58. The van der Waals surface area contributed by atoms with Gasteiger partial charge in [0.15, 0.2) is 0 Å². The number of aromatic nitrogens is 3. The number of aliphatic carboxylic acids is 1. The zero-order valence-electron chi connectivity index (χ0n) is 9.50. The Hall–Kier alpha value is -1.43. The fraction of sp³-hybridized carbons (Fsp3) is 0.700. The standard InChI is InChI=1S/C10H16N4O2/c1-7-3-14(4-8(7)10(15)16)5-9-11-6-12-13(9)2/h6-8H,3-5H2,1-2H3,(H,15,16)/t7-,8-/m1/s1. The summed E-state index contributed by atoms with van der Waals surface area (Å²) in [7, 11) is 1.84. The summed E-state index contributed by atoms with van der Waals surface area (Å²) in [5, 5.41) is 13.0. The monoisotopic (exact) mass is 224 g/mol. The molecule has 2 heterocycles. The van der Waals surface area contributed by atoms with E-state index in [1.807, 2.05) is 14.0 Å². The molecule has 0 spiro atoms. The van der Waals surface area contributed by atoms with Gasteiger partial charge >= 0.3 is 5.97 Å². The number of hydrogen-bond donors (Lipinski definition) is 1. The van der Waals surface area contributed by atoms with Crippen molar-refractivity contribution in [1.29, 1.82) is 0 Å². The van der Waals surface area contributed by atoms with Crippen molar-refractivity contribution in [1.82, 2.24) is 19.7 Å². The summed E-state index contributed by atoms with van der Waals surface area (Å²) in [5.41, 5.74) is 0. The number of aryl methyl sites for hydroxylation is 1. The van der Waals surface area contributed by atoms with Crippen LogP contribution in [0.3, 0.4) is 0 Å². The van der Waals surface area contributed by atoms with Crippen molar-refractivity contribution >= 4 is 5.97 Å². The van der Waals surface area contributed by atoms with Gasteiger partial charge in [0.2, 0.25) is 0 Å². The highest BCUT2D eigenvalue weighted by Gasteiger charge is 2.34. The number of carboxylic acid groups (broad SMARTS) is 1. The van der Waals surface area contributed by atoms with E-state index >= 15 is 0 Å². The van der Waals surface area contributed by atoms with Crippen molar-refractivity contribution in [2.24, 2.45) is 18.9 Å². The topological polar surface area (TPSA) is 71.2 Å². The third-order valence-corrected chi connectivity index (χ3v) is 3.18. The summed E-state index contributed by atoms with van der Waals surface area (Å²) < 4.78 is 1.72. The van der Waals surface area contributed by atoms with Crippen LogP contribution in [0.1, 0.15) is 12.7 Å². The molecule has 16 heavy (non-hydrogen) atoms. The third-order valence-electron chi connectivity index (χ3n) is 3.18. The minimum absolute atomic E-state index is 0.200. The van der Waals surface area contributed by atoms with Gasteiger partial charge in [-0.3, -0.25) is 14.4 Å².